The van der Waals surface area contributed by atoms with Gasteiger partial charge in [-0.1, -0.05) is 22.8 Å². The predicted octanol–water partition coefficient (Wildman–Crippen LogP) is 2.34. The van der Waals surface area contributed by atoms with Crippen LogP contribution in [0.5, 0.6) is 0 Å². The summed E-state index contributed by atoms with van der Waals surface area (Å²) in [5.41, 5.74) is 5.64. The fourth-order valence-corrected chi connectivity index (χ4v) is 3.13. The molecule has 1 saturated heterocycles. The van der Waals surface area contributed by atoms with Crippen molar-refractivity contribution >= 4 is 17.5 Å². The number of halogens is 2. The summed E-state index contributed by atoms with van der Waals surface area (Å²) in [5, 5.41) is 4.00. The van der Waals surface area contributed by atoms with Gasteiger partial charge >= 0.3 is 0 Å². The van der Waals surface area contributed by atoms with Crippen molar-refractivity contribution in [3.05, 3.63) is 46.3 Å². The van der Waals surface area contributed by atoms with E-state index in [1.807, 2.05) is 0 Å². The molecule has 23 heavy (non-hydrogen) atoms. The minimum Gasteiger partial charge on any atom is -0.363 e. The number of carbonyl (C=O) groups excluding carboxylic acids is 1. The van der Waals surface area contributed by atoms with Gasteiger partial charge in [0.15, 0.2) is 0 Å². The average Bonchev–Trinajstić information content (AvgIpc) is 3.15. The van der Waals surface area contributed by atoms with Crippen molar-refractivity contribution < 1.29 is 13.7 Å². The Morgan fingerprint density at radius 1 is 1.52 bits per heavy atom. The fourth-order valence-electron chi connectivity index (χ4n) is 2.87. The number of nitrogens with zero attached hydrogens (tertiary/aromatic N) is 3. The Balaban J connectivity index is 1.70. The molecule has 1 aromatic heterocycles. The van der Waals surface area contributed by atoms with E-state index in [0.29, 0.717) is 29.4 Å². The SMILES string of the molecule is NC(=O)c1noc([C@H]2CCCN2CCc2c(F)cccc2Cl)n1. The molecule has 2 aromatic rings. The molecule has 122 valence electrons. The number of primary amides is 1. The van der Waals surface area contributed by atoms with Gasteiger partial charge in [-0.25, -0.2) is 4.39 Å². The van der Waals surface area contributed by atoms with Crippen LogP contribution >= 0.6 is 11.6 Å². The lowest BCUT2D eigenvalue weighted by Crippen LogP contribution is -2.26. The Kier molecular flexibility index (Phi) is 4.58. The Morgan fingerprint density at radius 3 is 3.04 bits per heavy atom. The van der Waals surface area contributed by atoms with E-state index < -0.39 is 5.91 Å². The van der Waals surface area contributed by atoms with Crippen LogP contribution in [0.2, 0.25) is 5.02 Å². The number of nitrogens with two attached hydrogens (primary N) is 1. The highest BCUT2D eigenvalue weighted by Crippen LogP contribution is 2.31. The van der Waals surface area contributed by atoms with E-state index in [9.17, 15) is 9.18 Å². The third-order valence-corrected chi connectivity index (χ3v) is 4.38. The van der Waals surface area contributed by atoms with E-state index in [4.69, 9.17) is 21.9 Å². The molecule has 1 fully saturated rings. The highest BCUT2D eigenvalue weighted by Gasteiger charge is 2.31. The molecule has 0 radical (unpaired) electrons. The number of hydrogen-bond acceptors (Lipinski definition) is 5. The first kappa shape index (κ1) is 15.9. The first-order valence-corrected chi connectivity index (χ1v) is 7.74. The number of benzene rings is 1. The number of aromatic nitrogens is 2. The smallest absolute Gasteiger partial charge is 0.290 e. The van der Waals surface area contributed by atoms with Crippen molar-refractivity contribution in [1.29, 1.82) is 0 Å². The highest BCUT2D eigenvalue weighted by molar-refractivity contribution is 6.31. The molecule has 1 aromatic carbocycles. The van der Waals surface area contributed by atoms with E-state index in [1.54, 1.807) is 12.1 Å². The van der Waals surface area contributed by atoms with Gasteiger partial charge in [0.1, 0.15) is 5.82 Å². The second-order valence-corrected chi connectivity index (χ2v) is 5.87. The predicted molar refractivity (Wildman–Crippen MR) is 81.5 cm³/mol. The number of rotatable bonds is 5. The van der Waals surface area contributed by atoms with Crippen molar-refractivity contribution in [2.45, 2.75) is 25.3 Å². The van der Waals surface area contributed by atoms with Gasteiger partial charge in [0.2, 0.25) is 5.89 Å². The second-order valence-electron chi connectivity index (χ2n) is 5.46. The Hall–Kier alpha value is -1.99. The molecular weight excluding hydrogens is 323 g/mol. The van der Waals surface area contributed by atoms with Gasteiger partial charge < -0.3 is 10.3 Å². The third kappa shape index (κ3) is 3.35. The molecule has 0 saturated carbocycles. The topological polar surface area (TPSA) is 85.2 Å². The number of carbonyl (C=O) groups is 1. The zero-order chi connectivity index (χ0) is 16.4. The molecule has 3 rings (SSSR count). The standard InChI is InChI=1S/C15H16ClFN4O2/c16-10-3-1-4-11(17)9(10)6-8-21-7-2-5-12(21)15-19-14(13(18)22)20-23-15/h1,3-4,12H,2,5-8H2,(H2,18,22)/t12-/m1/s1. The summed E-state index contributed by atoms with van der Waals surface area (Å²) in [6.45, 7) is 1.45. The lowest BCUT2D eigenvalue weighted by atomic mass is 10.1. The lowest BCUT2D eigenvalue weighted by molar-refractivity contribution is 0.0987. The molecular formula is C15H16ClFN4O2. The van der Waals surface area contributed by atoms with Gasteiger partial charge in [0, 0.05) is 17.1 Å². The van der Waals surface area contributed by atoms with Crippen molar-refractivity contribution in [3.8, 4) is 0 Å². The molecule has 1 aliphatic rings. The van der Waals surface area contributed by atoms with Crippen molar-refractivity contribution in [2.75, 3.05) is 13.1 Å². The van der Waals surface area contributed by atoms with Gasteiger partial charge in [-0.3, -0.25) is 9.69 Å². The molecule has 1 atom stereocenters. The molecule has 0 aliphatic carbocycles. The van der Waals surface area contributed by atoms with E-state index in [1.165, 1.54) is 6.07 Å². The largest absolute Gasteiger partial charge is 0.363 e. The van der Waals surface area contributed by atoms with Crippen LogP contribution < -0.4 is 5.73 Å². The van der Waals surface area contributed by atoms with Crippen molar-refractivity contribution in [2.24, 2.45) is 5.73 Å². The summed E-state index contributed by atoms with van der Waals surface area (Å²) >= 11 is 6.06. The van der Waals surface area contributed by atoms with Gasteiger partial charge in [-0.15, -0.1) is 0 Å². The van der Waals surface area contributed by atoms with Crippen molar-refractivity contribution in [1.82, 2.24) is 15.0 Å². The molecule has 1 amide bonds. The van der Waals surface area contributed by atoms with Gasteiger partial charge in [-0.2, -0.15) is 4.98 Å². The molecule has 2 heterocycles. The van der Waals surface area contributed by atoms with Crippen LogP contribution in [0.3, 0.4) is 0 Å². The highest BCUT2D eigenvalue weighted by atomic mass is 35.5. The minimum atomic E-state index is -0.720. The quantitative estimate of drug-likeness (QED) is 0.904. The van der Waals surface area contributed by atoms with Crippen LogP contribution in [0.25, 0.3) is 0 Å². The van der Waals surface area contributed by atoms with Crippen LogP contribution in [-0.4, -0.2) is 34.0 Å². The van der Waals surface area contributed by atoms with Gasteiger partial charge in [-0.05, 0) is 37.9 Å². The molecule has 8 heteroatoms. The summed E-state index contributed by atoms with van der Waals surface area (Å²) < 4.78 is 19.0. The Bertz CT molecular complexity index is 701. The van der Waals surface area contributed by atoms with E-state index in [0.717, 1.165) is 19.4 Å². The summed E-state index contributed by atoms with van der Waals surface area (Å²) in [7, 11) is 0. The second kappa shape index (κ2) is 6.64. The van der Waals surface area contributed by atoms with Gasteiger partial charge in [0.25, 0.3) is 11.7 Å². The van der Waals surface area contributed by atoms with Crippen LogP contribution in [0.15, 0.2) is 22.7 Å². The summed E-state index contributed by atoms with van der Waals surface area (Å²) in [6, 6.07) is 4.59. The normalized spacial score (nSPS) is 18.4. The monoisotopic (exact) mass is 338 g/mol. The molecule has 0 unspecified atom stereocenters. The first-order chi connectivity index (χ1) is 11.1. The molecule has 6 nitrogen and oxygen atoms in total. The van der Waals surface area contributed by atoms with Gasteiger partial charge in [0.05, 0.1) is 6.04 Å². The number of amides is 1. The Labute approximate surface area is 137 Å². The Morgan fingerprint density at radius 2 is 2.35 bits per heavy atom. The molecule has 2 N–H and O–H groups in total. The lowest BCUT2D eigenvalue weighted by Gasteiger charge is -2.21. The van der Waals surface area contributed by atoms with Crippen molar-refractivity contribution in [3.63, 3.8) is 0 Å². The number of hydrogen-bond donors (Lipinski definition) is 1. The minimum absolute atomic E-state index is 0.0823. The first-order valence-electron chi connectivity index (χ1n) is 7.36. The summed E-state index contributed by atoms with van der Waals surface area (Å²) in [6.07, 6.45) is 2.29. The maximum absolute atomic E-state index is 13.8. The maximum Gasteiger partial charge on any atom is 0.290 e. The van der Waals surface area contributed by atoms with Crippen LogP contribution in [0, 0.1) is 5.82 Å². The maximum atomic E-state index is 13.8. The molecule has 0 bridgehead atoms. The zero-order valence-electron chi connectivity index (χ0n) is 12.3. The van der Waals surface area contributed by atoms with E-state index in [-0.39, 0.29) is 17.7 Å². The van der Waals surface area contributed by atoms with Crippen LogP contribution in [-0.2, 0) is 6.42 Å². The molecule has 0 spiro atoms. The third-order valence-electron chi connectivity index (χ3n) is 4.02. The van der Waals surface area contributed by atoms with E-state index >= 15 is 0 Å². The fraction of sp³-hybridized carbons (Fsp3) is 0.400. The number of likely N-dealkylation sites (tertiary alicyclic amines) is 1. The van der Waals surface area contributed by atoms with Crippen LogP contribution in [0.1, 0.15) is 41.0 Å². The molecule has 1 aliphatic heterocycles. The van der Waals surface area contributed by atoms with Crippen LogP contribution in [0.4, 0.5) is 4.39 Å². The summed E-state index contributed by atoms with van der Waals surface area (Å²) in [4.78, 5) is 17.2. The average molecular weight is 339 g/mol. The zero-order valence-corrected chi connectivity index (χ0v) is 13.1. The summed E-state index contributed by atoms with van der Waals surface area (Å²) in [5.74, 6) is -0.773. The van der Waals surface area contributed by atoms with E-state index in [2.05, 4.69) is 15.0 Å².